The van der Waals surface area contributed by atoms with Crippen molar-refractivity contribution in [2.75, 3.05) is 5.73 Å². The van der Waals surface area contributed by atoms with Crippen molar-refractivity contribution in [3.8, 4) is 11.6 Å². The first-order chi connectivity index (χ1) is 8.47. The second-order valence-electron chi connectivity index (χ2n) is 3.18. The Kier molecular flexibility index (Phi) is 3.75. The maximum absolute atomic E-state index is 13.4. The molecular weight excluding hydrogens is 303 g/mol. The number of ether oxygens (including phenoxy) is 1. The monoisotopic (exact) mass is 307 g/mol. The molecule has 0 amide bonds. The maximum Gasteiger partial charge on any atom is 0.260 e. The van der Waals surface area contributed by atoms with Crippen LogP contribution in [0.25, 0.3) is 0 Å². The Labute approximate surface area is 116 Å². The van der Waals surface area contributed by atoms with Crippen molar-refractivity contribution < 1.29 is 9.13 Å². The molecule has 0 aliphatic rings. The smallest absolute Gasteiger partial charge is 0.260 e. The summed E-state index contributed by atoms with van der Waals surface area (Å²) >= 11 is 17.4. The van der Waals surface area contributed by atoms with E-state index >= 15 is 0 Å². The van der Waals surface area contributed by atoms with Crippen molar-refractivity contribution in [3.05, 3.63) is 39.2 Å². The summed E-state index contributed by atoms with van der Waals surface area (Å²) in [7, 11) is 0. The van der Waals surface area contributed by atoms with Crippen molar-refractivity contribution in [2.45, 2.75) is 0 Å². The van der Waals surface area contributed by atoms with Gasteiger partial charge in [0.05, 0.1) is 21.3 Å². The Bertz CT molecular complexity index is 609. The average Bonchev–Trinajstić information content (AvgIpc) is 2.30. The van der Waals surface area contributed by atoms with Crippen LogP contribution in [0.5, 0.6) is 11.6 Å². The van der Waals surface area contributed by atoms with E-state index in [1.807, 2.05) is 0 Å². The Morgan fingerprint density at radius 3 is 2.50 bits per heavy atom. The molecule has 2 aromatic rings. The summed E-state index contributed by atoms with van der Waals surface area (Å²) in [5.41, 5.74) is 5.32. The molecule has 4 nitrogen and oxygen atoms in total. The van der Waals surface area contributed by atoms with Crippen LogP contribution in [-0.4, -0.2) is 9.97 Å². The van der Waals surface area contributed by atoms with Gasteiger partial charge >= 0.3 is 0 Å². The zero-order valence-corrected chi connectivity index (χ0v) is 10.9. The molecule has 0 spiro atoms. The molecule has 0 fully saturated rings. The second kappa shape index (κ2) is 5.14. The Morgan fingerprint density at radius 1 is 1.11 bits per heavy atom. The molecule has 1 heterocycles. The van der Waals surface area contributed by atoms with Crippen molar-refractivity contribution in [1.29, 1.82) is 0 Å². The first-order valence-corrected chi connectivity index (χ1v) is 5.71. The first kappa shape index (κ1) is 13.1. The van der Waals surface area contributed by atoms with Crippen molar-refractivity contribution >= 4 is 40.8 Å². The molecule has 8 heteroatoms. The topological polar surface area (TPSA) is 61.0 Å². The Balaban J connectivity index is 2.40. The number of benzene rings is 1. The molecule has 0 aliphatic carbocycles. The second-order valence-corrected chi connectivity index (χ2v) is 4.40. The van der Waals surface area contributed by atoms with Crippen molar-refractivity contribution in [3.63, 3.8) is 0 Å². The minimum absolute atomic E-state index is 0.114. The van der Waals surface area contributed by atoms with Gasteiger partial charge in [-0.3, -0.25) is 0 Å². The van der Waals surface area contributed by atoms with Crippen molar-refractivity contribution in [1.82, 2.24) is 9.97 Å². The van der Waals surface area contributed by atoms with Gasteiger partial charge in [0.25, 0.3) is 5.88 Å². The van der Waals surface area contributed by atoms with Crippen LogP contribution in [0.3, 0.4) is 0 Å². The third-order valence-corrected chi connectivity index (χ3v) is 2.93. The molecule has 0 bridgehead atoms. The lowest BCUT2D eigenvalue weighted by atomic mass is 10.3. The molecule has 1 aromatic heterocycles. The molecule has 18 heavy (non-hydrogen) atoms. The molecule has 94 valence electrons. The van der Waals surface area contributed by atoms with Gasteiger partial charge < -0.3 is 10.5 Å². The van der Waals surface area contributed by atoms with Crippen LogP contribution in [0.4, 0.5) is 10.3 Å². The number of hydrogen-bond acceptors (Lipinski definition) is 4. The first-order valence-electron chi connectivity index (χ1n) is 4.58. The van der Waals surface area contributed by atoms with Crippen LogP contribution in [0.1, 0.15) is 0 Å². The van der Waals surface area contributed by atoms with Gasteiger partial charge in [0, 0.05) is 6.07 Å². The van der Waals surface area contributed by atoms with Gasteiger partial charge in [-0.2, -0.15) is 9.37 Å². The van der Waals surface area contributed by atoms with Gasteiger partial charge in [-0.25, -0.2) is 4.98 Å². The standard InChI is InChI=1S/C10H5Cl3FN3O/c11-4-1-6(13)8(2-5(4)12)18-9-7(14)3-16-10(15)17-9/h1-3H,(H2,15,16,17). The van der Waals surface area contributed by atoms with Crippen LogP contribution in [0, 0.1) is 5.82 Å². The fourth-order valence-corrected chi connectivity index (χ4v) is 1.70. The van der Waals surface area contributed by atoms with Gasteiger partial charge in [0.1, 0.15) is 5.75 Å². The van der Waals surface area contributed by atoms with E-state index in [9.17, 15) is 4.39 Å². The molecule has 2 N–H and O–H groups in total. The molecule has 0 aliphatic heterocycles. The highest BCUT2D eigenvalue weighted by Crippen LogP contribution is 2.36. The van der Waals surface area contributed by atoms with Gasteiger partial charge in [0.2, 0.25) is 11.8 Å². The van der Waals surface area contributed by atoms with E-state index in [4.69, 9.17) is 45.3 Å². The summed E-state index contributed by atoms with van der Waals surface area (Å²) in [6.45, 7) is 0. The minimum Gasteiger partial charge on any atom is -0.435 e. The highest BCUT2D eigenvalue weighted by molar-refractivity contribution is 6.43. The maximum atomic E-state index is 13.4. The summed E-state index contributed by atoms with van der Waals surface area (Å²) in [6.07, 6.45) is 0.892. The molecular formula is C10H5Cl3FN3O. The van der Waals surface area contributed by atoms with E-state index in [-0.39, 0.29) is 32.6 Å². The number of nitrogens with two attached hydrogens (primary N) is 1. The highest BCUT2D eigenvalue weighted by atomic mass is 35.5. The van der Waals surface area contributed by atoms with Crippen LogP contribution in [-0.2, 0) is 0 Å². The third-order valence-electron chi connectivity index (χ3n) is 1.91. The van der Waals surface area contributed by atoms with Crippen LogP contribution in [0.2, 0.25) is 15.1 Å². The summed E-state index contributed by atoms with van der Waals surface area (Å²) in [5.74, 6) is -1.13. The lowest BCUT2D eigenvalue weighted by Gasteiger charge is -2.08. The number of aromatic nitrogens is 2. The largest absolute Gasteiger partial charge is 0.435 e. The third kappa shape index (κ3) is 2.75. The number of halogens is 4. The van der Waals surface area contributed by atoms with Crippen molar-refractivity contribution in [2.24, 2.45) is 0 Å². The molecule has 2 rings (SSSR count). The van der Waals surface area contributed by atoms with Crippen LogP contribution >= 0.6 is 34.8 Å². The lowest BCUT2D eigenvalue weighted by Crippen LogP contribution is -1.99. The van der Waals surface area contributed by atoms with E-state index in [0.717, 1.165) is 6.20 Å². The van der Waals surface area contributed by atoms with Gasteiger partial charge in [-0.15, -0.1) is 0 Å². The molecule has 0 unspecified atom stereocenters. The van der Waals surface area contributed by atoms with E-state index in [2.05, 4.69) is 9.97 Å². The minimum atomic E-state index is -0.772. The number of hydrogen-bond donors (Lipinski definition) is 1. The molecule has 0 saturated heterocycles. The zero-order chi connectivity index (χ0) is 13.3. The van der Waals surface area contributed by atoms with E-state index < -0.39 is 5.82 Å². The van der Waals surface area contributed by atoms with Crippen LogP contribution < -0.4 is 10.5 Å². The highest BCUT2D eigenvalue weighted by Gasteiger charge is 2.12. The fourth-order valence-electron chi connectivity index (χ4n) is 1.12. The van der Waals surface area contributed by atoms with Crippen LogP contribution in [0.15, 0.2) is 18.3 Å². The summed E-state index contributed by atoms with van der Waals surface area (Å²) in [4.78, 5) is 7.06. The predicted octanol–water partition coefficient (Wildman–Crippen LogP) is 3.95. The quantitative estimate of drug-likeness (QED) is 0.853. The Morgan fingerprint density at radius 2 is 1.78 bits per heavy atom. The average molecular weight is 309 g/mol. The molecule has 0 saturated carbocycles. The molecule has 1 aromatic carbocycles. The lowest BCUT2D eigenvalue weighted by molar-refractivity contribution is 0.421. The number of nitrogens with zero attached hydrogens (tertiary/aromatic N) is 2. The zero-order valence-electron chi connectivity index (χ0n) is 8.62. The summed E-state index contributed by atoms with van der Waals surface area (Å²) in [6, 6.07) is 2.73. The van der Waals surface area contributed by atoms with Gasteiger partial charge in [-0.05, 0) is 6.07 Å². The predicted molar refractivity (Wildman–Crippen MR) is 67.9 cm³/mol. The summed E-state index contributed by atoms with van der Waals surface area (Å²) < 4.78 is 18.5. The summed E-state index contributed by atoms with van der Waals surface area (Å²) in [5, 5.41) is 0.649. The number of nitrogen functional groups attached to an aromatic ring is 1. The molecule has 0 radical (unpaired) electrons. The van der Waals surface area contributed by atoms with Gasteiger partial charge in [0.15, 0.2) is 0 Å². The van der Waals surface area contributed by atoms with E-state index in [0.29, 0.717) is 0 Å². The Hall–Kier alpha value is -1.30. The number of anilines is 1. The molecule has 0 atom stereocenters. The normalized spacial score (nSPS) is 10.4. The van der Waals surface area contributed by atoms with Gasteiger partial charge in [-0.1, -0.05) is 34.8 Å². The van der Waals surface area contributed by atoms with E-state index in [1.54, 1.807) is 0 Å². The fraction of sp³-hybridized carbons (Fsp3) is 0. The number of rotatable bonds is 2. The van der Waals surface area contributed by atoms with E-state index in [1.165, 1.54) is 12.1 Å². The SMILES string of the molecule is Nc1ncc(F)c(Oc2cc(Cl)c(Cl)cc2Cl)n1.